The third kappa shape index (κ3) is 5.34. The van der Waals surface area contributed by atoms with Crippen LogP contribution in [-0.4, -0.2) is 40.6 Å². The molecular weight excluding hydrogens is 373 g/mol. The molecule has 1 saturated carbocycles. The molecular formula is C22H28FN3O3. The molecule has 4 rings (SSSR count). The smallest absolute Gasteiger partial charge is 0.231 e. The summed E-state index contributed by atoms with van der Waals surface area (Å²) >= 11 is 0. The van der Waals surface area contributed by atoms with E-state index in [-0.39, 0.29) is 17.6 Å². The Bertz CT molecular complexity index is 802. The van der Waals surface area contributed by atoms with Crippen LogP contribution in [0.3, 0.4) is 0 Å². The molecule has 0 bridgehead atoms. The highest BCUT2D eigenvalue weighted by molar-refractivity contribution is 5.76. The van der Waals surface area contributed by atoms with E-state index in [1.165, 1.54) is 37.8 Å². The van der Waals surface area contributed by atoms with Gasteiger partial charge >= 0.3 is 0 Å². The van der Waals surface area contributed by atoms with Gasteiger partial charge in [0.15, 0.2) is 5.82 Å². The fourth-order valence-electron chi connectivity index (χ4n) is 4.30. The van der Waals surface area contributed by atoms with Crippen LogP contribution in [0, 0.1) is 11.7 Å². The van der Waals surface area contributed by atoms with E-state index in [9.17, 15) is 9.18 Å². The van der Waals surface area contributed by atoms with Crippen molar-refractivity contribution in [3.8, 4) is 5.75 Å². The summed E-state index contributed by atoms with van der Waals surface area (Å²) in [5.41, 5.74) is 0. The predicted molar refractivity (Wildman–Crippen MR) is 105 cm³/mol. The Labute approximate surface area is 170 Å². The third-order valence-electron chi connectivity index (χ3n) is 6.02. The van der Waals surface area contributed by atoms with Crippen LogP contribution in [0.15, 0.2) is 28.8 Å². The zero-order chi connectivity index (χ0) is 20.1. The van der Waals surface area contributed by atoms with Crippen molar-refractivity contribution in [2.75, 3.05) is 19.7 Å². The van der Waals surface area contributed by atoms with Crippen molar-refractivity contribution < 1.29 is 18.4 Å². The molecule has 2 heterocycles. The molecule has 1 aromatic heterocycles. The standard InChI is InChI=1S/C22H28FN3O3/c23-18-6-8-19(9-7-18)28-14-12-20-24-22(29-25-20)17-11-13-26(15-17)21(27)10-5-16-3-1-2-4-16/h6-9,16-17H,1-5,10-15H2. The maximum absolute atomic E-state index is 12.9. The van der Waals surface area contributed by atoms with E-state index in [0.717, 1.165) is 25.3 Å². The van der Waals surface area contributed by atoms with Gasteiger partial charge in [0.1, 0.15) is 11.6 Å². The first kappa shape index (κ1) is 19.9. The molecule has 2 fully saturated rings. The molecule has 0 radical (unpaired) electrons. The molecule has 2 aromatic rings. The lowest BCUT2D eigenvalue weighted by Crippen LogP contribution is -2.28. The summed E-state index contributed by atoms with van der Waals surface area (Å²) in [6, 6.07) is 5.91. The Morgan fingerprint density at radius 1 is 1.21 bits per heavy atom. The number of carbonyl (C=O) groups excluding carboxylic acids is 1. The molecule has 29 heavy (non-hydrogen) atoms. The van der Waals surface area contributed by atoms with Crippen LogP contribution >= 0.6 is 0 Å². The molecule has 1 aromatic carbocycles. The van der Waals surface area contributed by atoms with E-state index in [1.807, 2.05) is 4.90 Å². The van der Waals surface area contributed by atoms with Crippen LogP contribution in [0.1, 0.15) is 62.6 Å². The molecule has 7 heteroatoms. The lowest BCUT2D eigenvalue weighted by molar-refractivity contribution is -0.130. The molecule has 0 N–H and O–H groups in total. The van der Waals surface area contributed by atoms with Gasteiger partial charge in [-0.05, 0) is 43.0 Å². The van der Waals surface area contributed by atoms with Gasteiger partial charge in [-0.3, -0.25) is 4.79 Å². The molecule has 6 nitrogen and oxygen atoms in total. The fourth-order valence-corrected chi connectivity index (χ4v) is 4.30. The quantitative estimate of drug-likeness (QED) is 0.666. The number of hydrogen-bond acceptors (Lipinski definition) is 5. The zero-order valence-corrected chi connectivity index (χ0v) is 16.7. The van der Waals surface area contributed by atoms with E-state index in [4.69, 9.17) is 9.26 Å². The molecule has 1 saturated heterocycles. The Morgan fingerprint density at radius 3 is 2.79 bits per heavy atom. The highest BCUT2D eigenvalue weighted by Crippen LogP contribution is 2.30. The van der Waals surface area contributed by atoms with Gasteiger partial charge in [-0.1, -0.05) is 30.8 Å². The summed E-state index contributed by atoms with van der Waals surface area (Å²) in [5, 5.41) is 4.04. The monoisotopic (exact) mass is 401 g/mol. The fraction of sp³-hybridized carbons (Fsp3) is 0.591. The molecule has 1 unspecified atom stereocenters. The molecule has 1 aliphatic carbocycles. The molecule has 1 aliphatic heterocycles. The number of nitrogens with zero attached hydrogens (tertiary/aromatic N) is 3. The van der Waals surface area contributed by atoms with Crippen molar-refractivity contribution in [3.63, 3.8) is 0 Å². The molecule has 156 valence electrons. The van der Waals surface area contributed by atoms with E-state index in [1.54, 1.807) is 12.1 Å². The van der Waals surface area contributed by atoms with Gasteiger partial charge in [0.05, 0.1) is 12.5 Å². The second-order valence-corrected chi connectivity index (χ2v) is 8.12. The first-order valence-electron chi connectivity index (χ1n) is 10.7. The summed E-state index contributed by atoms with van der Waals surface area (Å²) in [6.07, 6.45) is 8.27. The number of hydrogen-bond donors (Lipinski definition) is 0. The first-order valence-corrected chi connectivity index (χ1v) is 10.7. The lowest BCUT2D eigenvalue weighted by Gasteiger charge is -2.17. The normalized spacial score (nSPS) is 19.8. The van der Waals surface area contributed by atoms with Crippen LogP contribution in [0.2, 0.25) is 0 Å². The number of rotatable bonds is 8. The Balaban J connectivity index is 1.21. The van der Waals surface area contributed by atoms with Crippen LogP contribution in [-0.2, 0) is 11.2 Å². The highest BCUT2D eigenvalue weighted by atomic mass is 19.1. The van der Waals surface area contributed by atoms with Crippen LogP contribution in [0.4, 0.5) is 4.39 Å². The second-order valence-electron chi connectivity index (χ2n) is 8.12. The van der Waals surface area contributed by atoms with Crippen molar-refractivity contribution in [1.82, 2.24) is 15.0 Å². The number of carbonyl (C=O) groups is 1. The Morgan fingerprint density at radius 2 is 2.00 bits per heavy atom. The summed E-state index contributed by atoms with van der Waals surface area (Å²) in [6.45, 7) is 1.82. The largest absolute Gasteiger partial charge is 0.493 e. The topological polar surface area (TPSA) is 68.5 Å². The lowest BCUT2D eigenvalue weighted by atomic mass is 10.0. The van der Waals surface area contributed by atoms with Gasteiger partial charge in [0, 0.05) is 25.9 Å². The zero-order valence-electron chi connectivity index (χ0n) is 16.7. The minimum absolute atomic E-state index is 0.115. The minimum atomic E-state index is -0.289. The average molecular weight is 401 g/mol. The van der Waals surface area contributed by atoms with Crippen LogP contribution < -0.4 is 4.74 Å². The predicted octanol–water partition coefficient (Wildman–Crippen LogP) is 4.12. The van der Waals surface area contributed by atoms with Crippen molar-refractivity contribution >= 4 is 5.91 Å². The minimum Gasteiger partial charge on any atom is -0.493 e. The SMILES string of the molecule is O=C(CCC1CCCC1)N1CCC(c2nc(CCOc3ccc(F)cc3)no2)C1. The van der Waals surface area contributed by atoms with Crippen molar-refractivity contribution in [2.45, 2.75) is 57.3 Å². The van der Waals surface area contributed by atoms with Gasteiger partial charge in [-0.15, -0.1) is 0 Å². The Hall–Kier alpha value is -2.44. The maximum atomic E-state index is 12.9. The van der Waals surface area contributed by atoms with Gasteiger partial charge in [-0.2, -0.15) is 4.98 Å². The molecule has 0 spiro atoms. The van der Waals surface area contributed by atoms with Gasteiger partial charge in [0.2, 0.25) is 11.8 Å². The average Bonchev–Trinajstić information content (AvgIpc) is 3.49. The second kappa shape index (κ2) is 9.37. The summed E-state index contributed by atoms with van der Waals surface area (Å²) < 4.78 is 23.9. The Kier molecular flexibility index (Phi) is 6.42. The number of ether oxygens (including phenoxy) is 1. The van der Waals surface area contributed by atoms with Gasteiger partial charge < -0.3 is 14.2 Å². The third-order valence-corrected chi connectivity index (χ3v) is 6.02. The summed E-state index contributed by atoms with van der Waals surface area (Å²) in [5.74, 6) is 2.63. The maximum Gasteiger partial charge on any atom is 0.231 e. The van der Waals surface area contributed by atoms with Crippen molar-refractivity contribution in [3.05, 3.63) is 41.8 Å². The summed E-state index contributed by atoms with van der Waals surface area (Å²) in [7, 11) is 0. The first-order chi connectivity index (χ1) is 14.2. The van der Waals surface area contributed by atoms with E-state index in [0.29, 0.717) is 43.5 Å². The number of halogens is 1. The van der Waals surface area contributed by atoms with Crippen LogP contribution in [0.25, 0.3) is 0 Å². The highest BCUT2D eigenvalue weighted by Gasteiger charge is 2.31. The van der Waals surface area contributed by atoms with Crippen LogP contribution in [0.5, 0.6) is 5.75 Å². The number of aromatic nitrogens is 2. The number of benzene rings is 1. The molecule has 2 aliphatic rings. The molecule has 1 atom stereocenters. The van der Waals surface area contributed by atoms with E-state index in [2.05, 4.69) is 10.1 Å². The van der Waals surface area contributed by atoms with Gasteiger partial charge in [-0.25, -0.2) is 4.39 Å². The van der Waals surface area contributed by atoms with E-state index >= 15 is 0 Å². The molecule has 1 amide bonds. The van der Waals surface area contributed by atoms with Crippen molar-refractivity contribution in [2.24, 2.45) is 5.92 Å². The summed E-state index contributed by atoms with van der Waals surface area (Å²) in [4.78, 5) is 18.9. The number of amides is 1. The van der Waals surface area contributed by atoms with Crippen molar-refractivity contribution in [1.29, 1.82) is 0 Å². The van der Waals surface area contributed by atoms with E-state index < -0.39 is 0 Å². The van der Waals surface area contributed by atoms with Gasteiger partial charge in [0.25, 0.3) is 0 Å². The number of likely N-dealkylation sites (tertiary alicyclic amines) is 1.